The predicted octanol–water partition coefficient (Wildman–Crippen LogP) is 1.82. The lowest BCUT2D eigenvalue weighted by Crippen LogP contribution is -2.49. The highest BCUT2D eigenvalue weighted by atomic mass is 16.2. The van der Waals surface area contributed by atoms with Crippen molar-refractivity contribution in [3.8, 4) is 0 Å². The number of aromatic nitrogens is 1. The minimum Gasteiger partial charge on any atom is -0.337 e. The fourth-order valence-electron chi connectivity index (χ4n) is 5.21. The summed E-state index contributed by atoms with van der Waals surface area (Å²) in [4.78, 5) is 35.8. The van der Waals surface area contributed by atoms with E-state index in [0.717, 1.165) is 81.0 Å². The second kappa shape index (κ2) is 8.20. The minimum atomic E-state index is 0.0439. The van der Waals surface area contributed by atoms with Crippen molar-refractivity contribution in [2.75, 3.05) is 45.1 Å². The van der Waals surface area contributed by atoms with E-state index in [1.807, 2.05) is 20.2 Å². The van der Waals surface area contributed by atoms with E-state index < -0.39 is 0 Å². The van der Waals surface area contributed by atoms with Gasteiger partial charge in [0.25, 0.3) is 5.91 Å². The average Bonchev–Trinajstić information content (AvgIpc) is 3.06. The first kappa shape index (κ1) is 20.4. The van der Waals surface area contributed by atoms with Crippen LogP contribution in [0.2, 0.25) is 0 Å². The molecule has 0 bridgehead atoms. The molecule has 1 aliphatic carbocycles. The van der Waals surface area contributed by atoms with Crippen LogP contribution in [0.15, 0.2) is 35.6 Å². The number of carbonyl (C=O) groups excluding carboxylic acids is 2. The Hall–Kier alpha value is -2.51. The zero-order valence-electron chi connectivity index (χ0n) is 18.4. The number of piperazine rings is 1. The molecule has 0 spiro atoms. The third-order valence-electron chi connectivity index (χ3n) is 7.16. The van der Waals surface area contributed by atoms with E-state index in [0.29, 0.717) is 6.04 Å². The normalized spacial score (nSPS) is 26.8. The Kier molecular flexibility index (Phi) is 5.40. The summed E-state index contributed by atoms with van der Waals surface area (Å²) in [5.41, 5.74) is 5.16. The molecule has 1 aromatic rings. The number of anilines is 1. The zero-order chi connectivity index (χ0) is 21.5. The van der Waals surface area contributed by atoms with Gasteiger partial charge < -0.3 is 10.2 Å². The highest BCUT2D eigenvalue weighted by Gasteiger charge is 2.33. The molecular formula is C24H31N5O2. The van der Waals surface area contributed by atoms with E-state index in [1.165, 1.54) is 5.57 Å². The number of nitrogens with zero attached hydrogens (tertiary/aromatic N) is 4. The van der Waals surface area contributed by atoms with Crippen LogP contribution < -0.4 is 5.32 Å². The molecule has 5 rings (SSSR count). The number of amides is 2. The summed E-state index contributed by atoms with van der Waals surface area (Å²) < 4.78 is 0. The second-order valence-corrected chi connectivity index (χ2v) is 9.22. The number of likely N-dealkylation sites (N-methyl/N-ethyl adjacent to an activating group) is 1. The topological polar surface area (TPSA) is 68.8 Å². The van der Waals surface area contributed by atoms with Gasteiger partial charge >= 0.3 is 0 Å². The second-order valence-electron chi connectivity index (χ2n) is 9.22. The maximum Gasteiger partial charge on any atom is 0.253 e. The number of likely N-dealkylation sites (tertiary alicyclic amines) is 1. The number of hydrogen-bond acceptors (Lipinski definition) is 5. The summed E-state index contributed by atoms with van der Waals surface area (Å²) in [5, 5.41) is 3.05. The first-order chi connectivity index (χ1) is 15.0. The van der Waals surface area contributed by atoms with Crippen molar-refractivity contribution in [3.05, 3.63) is 46.8 Å². The van der Waals surface area contributed by atoms with Gasteiger partial charge in [0.1, 0.15) is 0 Å². The van der Waals surface area contributed by atoms with Gasteiger partial charge in [-0.05, 0) is 30.0 Å². The number of rotatable bonds is 4. The monoisotopic (exact) mass is 421 g/mol. The van der Waals surface area contributed by atoms with Crippen molar-refractivity contribution in [2.45, 2.75) is 38.8 Å². The minimum absolute atomic E-state index is 0.0439. The number of carbonyl (C=O) groups is 2. The van der Waals surface area contributed by atoms with Gasteiger partial charge in [0.15, 0.2) is 0 Å². The maximum atomic E-state index is 12.2. The van der Waals surface area contributed by atoms with Gasteiger partial charge in [-0.15, -0.1) is 0 Å². The molecule has 0 aromatic carbocycles. The van der Waals surface area contributed by atoms with Crippen LogP contribution in [0.25, 0.3) is 0 Å². The van der Waals surface area contributed by atoms with Gasteiger partial charge in [-0.25, -0.2) is 0 Å². The van der Waals surface area contributed by atoms with E-state index in [4.69, 9.17) is 0 Å². The summed E-state index contributed by atoms with van der Waals surface area (Å²) >= 11 is 0. The fourth-order valence-corrected chi connectivity index (χ4v) is 5.21. The number of nitrogens with one attached hydrogen (secondary N) is 1. The van der Waals surface area contributed by atoms with Crippen molar-refractivity contribution in [2.24, 2.45) is 5.92 Å². The Bertz CT molecular complexity index is 961. The molecule has 2 atom stereocenters. The molecule has 2 fully saturated rings. The van der Waals surface area contributed by atoms with E-state index in [2.05, 4.69) is 38.3 Å². The molecule has 1 N–H and O–H groups in total. The molecule has 2 unspecified atom stereocenters. The largest absolute Gasteiger partial charge is 0.337 e. The molecule has 7 nitrogen and oxygen atoms in total. The summed E-state index contributed by atoms with van der Waals surface area (Å²) in [7, 11) is 1.87. The average molecular weight is 422 g/mol. The van der Waals surface area contributed by atoms with Gasteiger partial charge in [0, 0.05) is 76.5 Å². The van der Waals surface area contributed by atoms with Crippen LogP contribution >= 0.6 is 0 Å². The molecule has 0 saturated carbocycles. The van der Waals surface area contributed by atoms with Gasteiger partial charge in [0.2, 0.25) is 5.91 Å². The Morgan fingerprint density at radius 1 is 1.19 bits per heavy atom. The first-order valence-electron chi connectivity index (χ1n) is 11.4. The lowest BCUT2D eigenvalue weighted by Gasteiger charge is -2.39. The Morgan fingerprint density at radius 2 is 2.00 bits per heavy atom. The molecule has 2 saturated heterocycles. The molecule has 4 heterocycles. The van der Waals surface area contributed by atoms with Gasteiger partial charge in [-0.1, -0.05) is 19.1 Å². The van der Waals surface area contributed by atoms with Gasteiger partial charge in [-0.2, -0.15) is 0 Å². The van der Waals surface area contributed by atoms with Crippen LogP contribution in [-0.4, -0.2) is 77.3 Å². The van der Waals surface area contributed by atoms with Crippen molar-refractivity contribution < 1.29 is 9.59 Å². The molecular weight excluding hydrogens is 390 g/mol. The SMILES string of the molecule is CCC1Cc2ncc(CN3CCN(C4C=C5CN(C)C(=O)C5=CC4)CC3)cc2NC1=O. The summed E-state index contributed by atoms with van der Waals surface area (Å²) in [6, 6.07) is 2.50. The predicted molar refractivity (Wildman–Crippen MR) is 119 cm³/mol. The van der Waals surface area contributed by atoms with Crippen molar-refractivity contribution in [1.29, 1.82) is 0 Å². The van der Waals surface area contributed by atoms with E-state index >= 15 is 0 Å². The first-order valence-corrected chi connectivity index (χ1v) is 11.4. The third-order valence-corrected chi connectivity index (χ3v) is 7.16. The third kappa shape index (κ3) is 3.92. The van der Waals surface area contributed by atoms with Crippen LogP contribution in [0, 0.1) is 5.92 Å². The van der Waals surface area contributed by atoms with Crippen LogP contribution in [-0.2, 0) is 22.6 Å². The molecule has 1 aromatic heterocycles. The molecule has 4 aliphatic rings. The lowest BCUT2D eigenvalue weighted by molar-refractivity contribution is -0.123. The van der Waals surface area contributed by atoms with E-state index in [-0.39, 0.29) is 17.7 Å². The van der Waals surface area contributed by atoms with Crippen LogP contribution in [0.4, 0.5) is 5.69 Å². The molecule has 31 heavy (non-hydrogen) atoms. The van der Waals surface area contributed by atoms with Crippen molar-refractivity contribution in [3.63, 3.8) is 0 Å². The Balaban J connectivity index is 1.17. The van der Waals surface area contributed by atoms with Gasteiger partial charge in [-0.3, -0.25) is 24.4 Å². The Morgan fingerprint density at radius 3 is 2.77 bits per heavy atom. The fraction of sp³-hybridized carbons (Fsp3) is 0.542. The lowest BCUT2D eigenvalue weighted by atomic mass is 9.94. The van der Waals surface area contributed by atoms with Crippen molar-refractivity contribution in [1.82, 2.24) is 19.7 Å². The van der Waals surface area contributed by atoms with Crippen LogP contribution in [0.1, 0.15) is 31.0 Å². The molecule has 2 amide bonds. The Labute approximate surface area is 183 Å². The quantitative estimate of drug-likeness (QED) is 0.803. The van der Waals surface area contributed by atoms with Crippen LogP contribution in [0.3, 0.4) is 0 Å². The van der Waals surface area contributed by atoms with Gasteiger partial charge in [0.05, 0.1) is 11.4 Å². The number of pyridine rings is 1. The highest BCUT2D eigenvalue weighted by Crippen LogP contribution is 2.30. The summed E-state index contributed by atoms with van der Waals surface area (Å²) in [6.45, 7) is 7.71. The van der Waals surface area contributed by atoms with Crippen LogP contribution in [0.5, 0.6) is 0 Å². The van der Waals surface area contributed by atoms with E-state index in [9.17, 15) is 9.59 Å². The highest BCUT2D eigenvalue weighted by molar-refractivity contribution is 6.01. The van der Waals surface area contributed by atoms with Crippen molar-refractivity contribution >= 4 is 17.5 Å². The smallest absolute Gasteiger partial charge is 0.253 e. The molecule has 0 radical (unpaired) electrons. The summed E-state index contributed by atoms with van der Waals surface area (Å²) in [6.07, 6.45) is 8.93. The molecule has 7 heteroatoms. The van der Waals surface area contributed by atoms with E-state index in [1.54, 1.807) is 4.90 Å². The molecule has 164 valence electrons. The zero-order valence-corrected chi connectivity index (χ0v) is 18.4. The number of fused-ring (bicyclic) bond motifs is 2. The maximum absolute atomic E-state index is 12.2. The molecule has 3 aliphatic heterocycles. The number of hydrogen-bond donors (Lipinski definition) is 1. The standard InChI is InChI=1S/C24H31N5O2/c1-3-17-12-21-22(26-23(17)30)10-16(13-25-21)14-28-6-8-29(9-7-28)19-4-5-20-18(11-19)15-27(2)24(20)31/h5,10-11,13,17,19H,3-4,6-9,12,14-15H2,1-2H3,(H,26,30). The summed E-state index contributed by atoms with van der Waals surface area (Å²) in [5.74, 6) is 0.327.